The zero-order valence-corrected chi connectivity index (χ0v) is 13.4. The van der Waals surface area contributed by atoms with E-state index in [1.165, 1.54) is 24.3 Å². The number of aliphatic hydroxyl groups excluding tert-OH is 1. The molecule has 1 aromatic carbocycles. The first-order valence-corrected chi connectivity index (χ1v) is 7.76. The van der Waals surface area contributed by atoms with Crippen molar-refractivity contribution in [2.24, 2.45) is 0 Å². The van der Waals surface area contributed by atoms with Gasteiger partial charge in [0.05, 0.1) is 12.5 Å². The highest BCUT2D eigenvalue weighted by Gasteiger charge is 2.31. The van der Waals surface area contributed by atoms with Gasteiger partial charge in [-0.25, -0.2) is 0 Å². The minimum Gasteiger partial charge on any atom is -0.406 e. The monoisotopic (exact) mass is 346 g/mol. The molecule has 0 aromatic heterocycles. The maximum atomic E-state index is 12.3. The van der Waals surface area contributed by atoms with Gasteiger partial charge in [0.25, 0.3) is 0 Å². The first-order chi connectivity index (χ1) is 11.2. The molecular formula is C16H21F3N2O3. The van der Waals surface area contributed by atoms with Crippen LogP contribution < -0.4 is 4.74 Å². The molecule has 0 saturated carbocycles. The summed E-state index contributed by atoms with van der Waals surface area (Å²) in [6, 6.07) is 5.33. The van der Waals surface area contributed by atoms with Crippen molar-refractivity contribution in [3.63, 3.8) is 0 Å². The topological polar surface area (TPSA) is 53.0 Å². The van der Waals surface area contributed by atoms with Crippen LogP contribution in [0.3, 0.4) is 0 Å². The lowest BCUT2D eigenvalue weighted by Gasteiger charge is -2.35. The van der Waals surface area contributed by atoms with Crippen LogP contribution in [0.15, 0.2) is 24.3 Å². The molecule has 1 amide bonds. The Hall–Kier alpha value is -1.80. The van der Waals surface area contributed by atoms with Crippen LogP contribution in [0.1, 0.15) is 12.5 Å². The fourth-order valence-corrected chi connectivity index (χ4v) is 2.65. The van der Waals surface area contributed by atoms with E-state index >= 15 is 0 Å². The molecule has 0 radical (unpaired) electrons. The summed E-state index contributed by atoms with van der Waals surface area (Å²) in [6.07, 6.45) is -4.98. The number of nitrogens with zero attached hydrogens (tertiary/aromatic N) is 2. The van der Waals surface area contributed by atoms with E-state index in [1.807, 2.05) is 0 Å². The SMILES string of the molecule is C[C@@H](O)CN1CCN(C(=O)Cc2ccc(OC(F)(F)F)cc2)CC1. The van der Waals surface area contributed by atoms with Crippen LogP contribution >= 0.6 is 0 Å². The molecule has 134 valence electrons. The molecule has 1 heterocycles. The highest BCUT2D eigenvalue weighted by atomic mass is 19.4. The standard InChI is InChI=1S/C16H21F3N2O3/c1-12(22)11-20-6-8-21(9-7-20)15(23)10-13-2-4-14(5-3-13)24-16(17,18)19/h2-5,12,22H,6-11H2,1H3/t12-/m1/s1. The van der Waals surface area contributed by atoms with Gasteiger partial charge in [0.2, 0.25) is 5.91 Å². The summed E-state index contributed by atoms with van der Waals surface area (Å²) in [7, 11) is 0. The summed E-state index contributed by atoms with van der Waals surface area (Å²) in [5.41, 5.74) is 0.640. The van der Waals surface area contributed by atoms with Gasteiger partial charge in [0.1, 0.15) is 5.75 Å². The van der Waals surface area contributed by atoms with Crippen LogP contribution in [0.4, 0.5) is 13.2 Å². The average molecular weight is 346 g/mol. The highest BCUT2D eigenvalue weighted by Crippen LogP contribution is 2.23. The van der Waals surface area contributed by atoms with E-state index in [2.05, 4.69) is 9.64 Å². The third kappa shape index (κ3) is 6.01. The number of carbonyl (C=O) groups excluding carboxylic acids is 1. The molecule has 1 aliphatic heterocycles. The molecule has 8 heteroatoms. The number of carbonyl (C=O) groups is 1. The molecule has 2 rings (SSSR count). The lowest BCUT2D eigenvalue weighted by molar-refractivity contribution is -0.274. The van der Waals surface area contributed by atoms with Gasteiger partial charge >= 0.3 is 6.36 Å². The van der Waals surface area contributed by atoms with Crippen molar-refractivity contribution >= 4 is 5.91 Å². The second kappa shape index (κ2) is 7.85. The zero-order valence-electron chi connectivity index (χ0n) is 13.4. The van der Waals surface area contributed by atoms with Crippen molar-refractivity contribution in [1.82, 2.24) is 9.80 Å². The number of halogens is 3. The van der Waals surface area contributed by atoms with Gasteiger partial charge in [-0.3, -0.25) is 9.69 Å². The molecule has 1 saturated heterocycles. The number of amides is 1. The van der Waals surface area contributed by atoms with Crippen molar-refractivity contribution in [2.75, 3.05) is 32.7 Å². The van der Waals surface area contributed by atoms with Gasteiger partial charge in [-0.05, 0) is 24.6 Å². The molecule has 24 heavy (non-hydrogen) atoms. The molecule has 0 aliphatic carbocycles. The Morgan fingerprint density at radius 2 is 1.79 bits per heavy atom. The fraction of sp³-hybridized carbons (Fsp3) is 0.562. The number of aliphatic hydroxyl groups is 1. The molecule has 1 atom stereocenters. The molecule has 1 aromatic rings. The maximum Gasteiger partial charge on any atom is 0.573 e. The summed E-state index contributed by atoms with van der Waals surface area (Å²) in [6.45, 7) is 4.89. The van der Waals surface area contributed by atoms with Crippen LogP contribution in [0.5, 0.6) is 5.75 Å². The van der Waals surface area contributed by atoms with E-state index in [0.717, 1.165) is 0 Å². The average Bonchev–Trinajstić information content (AvgIpc) is 2.48. The fourth-order valence-electron chi connectivity index (χ4n) is 2.65. The van der Waals surface area contributed by atoms with Gasteiger partial charge in [-0.15, -0.1) is 13.2 Å². The summed E-state index contributed by atoms with van der Waals surface area (Å²) in [5, 5.41) is 9.36. The Bertz CT molecular complexity index is 538. The number of hydrogen-bond donors (Lipinski definition) is 1. The van der Waals surface area contributed by atoms with E-state index in [4.69, 9.17) is 0 Å². The van der Waals surface area contributed by atoms with Crippen molar-refractivity contribution in [1.29, 1.82) is 0 Å². The van der Waals surface area contributed by atoms with Crippen molar-refractivity contribution in [3.8, 4) is 5.75 Å². The number of ether oxygens (including phenoxy) is 1. The molecule has 0 spiro atoms. The number of piperazine rings is 1. The molecule has 1 N–H and O–H groups in total. The number of hydrogen-bond acceptors (Lipinski definition) is 4. The molecule has 0 unspecified atom stereocenters. The van der Waals surface area contributed by atoms with E-state index in [1.54, 1.807) is 11.8 Å². The Balaban J connectivity index is 1.82. The number of alkyl halides is 3. The number of rotatable bonds is 5. The van der Waals surface area contributed by atoms with Gasteiger partial charge < -0.3 is 14.7 Å². The Morgan fingerprint density at radius 3 is 2.29 bits per heavy atom. The lowest BCUT2D eigenvalue weighted by atomic mass is 10.1. The van der Waals surface area contributed by atoms with E-state index in [9.17, 15) is 23.1 Å². The predicted molar refractivity (Wildman–Crippen MR) is 81.5 cm³/mol. The number of benzene rings is 1. The third-order valence-electron chi connectivity index (χ3n) is 3.76. The minimum absolute atomic E-state index is 0.0591. The van der Waals surface area contributed by atoms with Gasteiger partial charge in [0.15, 0.2) is 0 Å². The van der Waals surface area contributed by atoms with Crippen molar-refractivity contribution in [2.45, 2.75) is 25.8 Å². The Labute approximate surface area is 138 Å². The van der Waals surface area contributed by atoms with E-state index in [0.29, 0.717) is 38.3 Å². The second-order valence-electron chi connectivity index (χ2n) is 5.90. The van der Waals surface area contributed by atoms with Crippen LogP contribution in [-0.4, -0.2) is 66.0 Å². The summed E-state index contributed by atoms with van der Waals surface area (Å²) < 4.78 is 40.1. The van der Waals surface area contributed by atoms with Crippen LogP contribution in [0, 0.1) is 0 Å². The van der Waals surface area contributed by atoms with Gasteiger partial charge in [-0.1, -0.05) is 12.1 Å². The summed E-state index contributed by atoms with van der Waals surface area (Å²) in [4.78, 5) is 16.1. The van der Waals surface area contributed by atoms with E-state index < -0.39 is 12.5 Å². The van der Waals surface area contributed by atoms with Crippen LogP contribution in [-0.2, 0) is 11.2 Å². The first kappa shape index (κ1) is 18.5. The molecule has 1 fully saturated rings. The molecule has 1 aliphatic rings. The smallest absolute Gasteiger partial charge is 0.406 e. The lowest BCUT2D eigenvalue weighted by Crippen LogP contribution is -2.50. The summed E-state index contributed by atoms with van der Waals surface area (Å²) in [5.74, 6) is -0.360. The minimum atomic E-state index is -4.72. The first-order valence-electron chi connectivity index (χ1n) is 7.76. The Kier molecular flexibility index (Phi) is 6.06. The maximum absolute atomic E-state index is 12.3. The highest BCUT2D eigenvalue weighted by molar-refractivity contribution is 5.78. The largest absolute Gasteiger partial charge is 0.573 e. The van der Waals surface area contributed by atoms with E-state index in [-0.39, 0.29) is 18.1 Å². The number of β-amino-alcohol motifs (C(OH)–C–C–N with tert-alkyl or cyclic N) is 1. The van der Waals surface area contributed by atoms with Crippen LogP contribution in [0.2, 0.25) is 0 Å². The quantitative estimate of drug-likeness (QED) is 0.881. The second-order valence-corrected chi connectivity index (χ2v) is 5.90. The van der Waals surface area contributed by atoms with Crippen molar-refractivity contribution in [3.05, 3.63) is 29.8 Å². The third-order valence-corrected chi connectivity index (χ3v) is 3.76. The predicted octanol–water partition coefficient (Wildman–Crippen LogP) is 1.65. The Morgan fingerprint density at radius 1 is 1.21 bits per heavy atom. The van der Waals surface area contributed by atoms with Crippen LogP contribution in [0.25, 0.3) is 0 Å². The van der Waals surface area contributed by atoms with Gasteiger partial charge in [-0.2, -0.15) is 0 Å². The van der Waals surface area contributed by atoms with Gasteiger partial charge in [0, 0.05) is 32.7 Å². The molecular weight excluding hydrogens is 325 g/mol. The zero-order chi connectivity index (χ0) is 17.7. The molecule has 0 bridgehead atoms. The molecule has 5 nitrogen and oxygen atoms in total. The summed E-state index contributed by atoms with van der Waals surface area (Å²) >= 11 is 0. The van der Waals surface area contributed by atoms with Crippen molar-refractivity contribution < 1.29 is 27.8 Å². The normalized spacial score (nSPS) is 17.6.